The number of aliphatic hydroxyl groups is 1. The second kappa shape index (κ2) is 5.54. The molecule has 1 saturated heterocycles. The van der Waals surface area contributed by atoms with Gasteiger partial charge in [0.25, 0.3) is 0 Å². The van der Waals surface area contributed by atoms with Crippen molar-refractivity contribution in [2.24, 2.45) is 0 Å². The van der Waals surface area contributed by atoms with Gasteiger partial charge in [-0.1, -0.05) is 19.9 Å². The number of likely N-dealkylation sites (tertiary alicyclic amines) is 1. The third-order valence-corrected chi connectivity index (χ3v) is 3.71. The van der Waals surface area contributed by atoms with Crippen LogP contribution >= 0.6 is 0 Å². The van der Waals surface area contributed by atoms with Crippen LogP contribution in [0.5, 0.6) is 0 Å². The molecule has 0 atom stereocenters. The van der Waals surface area contributed by atoms with E-state index < -0.39 is 17.3 Å². The molecule has 0 aliphatic carbocycles. The number of ether oxygens (including phenoxy) is 1. The summed E-state index contributed by atoms with van der Waals surface area (Å²) in [5, 5.41) is 10.6. The molecule has 1 N–H and O–H groups in total. The number of benzene rings is 1. The summed E-state index contributed by atoms with van der Waals surface area (Å²) >= 11 is 0. The van der Waals surface area contributed by atoms with Crippen molar-refractivity contribution in [3.63, 3.8) is 0 Å². The topological polar surface area (TPSA) is 49.8 Å². The van der Waals surface area contributed by atoms with Crippen LogP contribution in [0.2, 0.25) is 0 Å². The Kier molecular flexibility index (Phi) is 4.22. The smallest absolute Gasteiger partial charge is 0.410 e. The summed E-state index contributed by atoms with van der Waals surface area (Å²) in [5.74, 6) is -0.240. The first-order valence-corrected chi connectivity index (χ1v) is 7.52. The Morgan fingerprint density at radius 3 is 2.45 bits per heavy atom. The lowest BCUT2D eigenvalue weighted by Gasteiger charge is -2.46. The molecule has 0 unspecified atom stereocenters. The third kappa shape index (κ3) is 3.40. The predicted molar refractivity (Wildman–Crippen MR) is 82.2 cm³/mol. The molecule has 0 aromatic heterocycles. The van der Waals surface area contributed by atoms with Gasteiger partial charge in [-0.25, -0.2) is 9.18 Å². The van der Waals surface area contributed by atoms with E-state index in [2.05, 4.69) is 0 Å². The van der Waals surface area contributed by atoms with Crippen LogP contribution in [-0.2, 0) is 10.3 Å². The lowest BCUT2D eigenvalue weighted by atomic mass is 9.84. The Bertz CT molecular complexity index is 572. The van der Waals surface area contributed by atoms with Gasteiger partial charge in [0.1, 0.15) is 17.0 Å². The zero-order chi connectivity index (χ0) is 16.7. The molecule has 0 saturated carbocycles. The number of carbonyl (C=O) groups is 1. The van der Waals surface area contributed by atoms with E-state index in [9.17, 15) is 14.3 Å². The van der Waals surface area contributed by atoms with Gasteiger partial charge < -0.3 is 14.7 Å². The van der Waals surface area contributed by atoms with Gasteiger partial charge >= 0.3 is 6.09 Å². The molecule has 0 radical (unpaired) electrons. The molecule has 2 rings (SSSR count). The average Bonchev–Trinajstić information content (AvgIpc) is 2.32. The third-order valence-electron chi connectivity index (χ3n) is 3.71. The van der Waals surface area contributed by atoms with E-state index in [1.165, 1.54) is 11.0 Å². The number of β-amino-alcohol motifs (C(OH)–C–C–N with tert-alkyl or cyclic N) is 1. The fraction of sp³-hybridized carbons (Fsp3) is 0.588. The highest BCUT2D eigenvalue weighted by atomic mass is 19.1. The highest BCUT2D eigenvalue weighted by Gasteiger charge is 2.46. The van der Waals surface area contributed by atoms with Crippen molar-refractivity contribution in [1.29, 1.82) is 0 Å². The molecule has 122 valence electrons. The highest BCUT2D eigenvalue weighted by Crippen LogP contribution is 2.34. The molecule has 4 nitrogen and oxygen atoms in total. The molecule has 1 fully saturated rings. The molecule has 22 heavy (non-hydrogen) atoms. The largest absolute Gasteiger partial charge is 0.444 e. The lowest BCUT2D eigenvalue weighted by Crippen LogP contribution is -2.61. The maximum Gasteiger partial charge on any atom is 0.410 e. The molecule has 1 aromatic carbocycles. The lowest BCUT2D eigenvalue weighted by molar-refractivity contribution is -0.103. The molecule has 1 heterocycles. The molecule has 1 amide bonds. The quantitative estimate of drug-likeness (QED) is 0.911. The minimum atomic E-state index is -1.13. The predicted octanol–water partition coefficient (Wildman–Crippen LogP) is 3.39. The minimum absolute atomic E-state index is 0.0329. The first-order chi connectivity index (χ1) is 10.0. The number of hydrogen-bond acceptors (Lipinski definition) is 3. The van der Waals surface area contributed by atoms with Gasteiger partial charge in [0.15, 0.2) is 0 Å². The van der Waals surface area contributed by atoms with Crippen molar-refractivity contribution >= 4 is 6.09 Å². The van der Waals surface area contributed by atoms with Crippen molar-refractivity contribution in [1.82, 2.24) is 4.90 Å². The first-order valence-electron chi connectivity index (χ1n) is 7.52. The van der Waals surface area contributed by atoms with Gasteiger partial charge in [0, 0.05) is 0 Å². The van der Waals surface area contributed by atoms with Crippen molar-refractivity contribution in [2.75, 3.05) is 13.1 Å². The zero-order valence-corrected chi connectivity index (χ0v) is 13.8. The molecule has 1 aromatic rings. The molecule has 5 heteroatoms. The van der Waals surface area contributed by atoms with Crippen LogP contribution in [0, 0.1) is 5.82 Å². The molecule has 1 aliphatic heterocycles. The van der Waals surface area contributed by atoms with E-state index in [1.54, 1.807) is 32.9 Å². The number of amides is 1. The molecular weight excluding hydrogens is 285 g/mol. The molecule has 0 spiro atoms. The van der Waals surface area contributed by atoms with Crippen molar-refractivity contribution < 1.29 is 19.0 Å². The van der Waals surface area contributed by atoms with E-state index >= 15 is 0 Å². The number of carbonyl (C=O) groups excluding carboxylic acids is 1. The van der Waals surface area contributed by atoms with Gasteiger partial charge in [-0.3, -0.25) is 0 Å². The number of hydrogen-bond donors (Lipinski definition) is 1. The summed E-state index contributed by atoms with van der Waals surface area (Å²) in [5.41, 5.74) is -0.487. The molecular formula is C17H24FNO3. The monoisotopic (exact) mass is 309 g/mol. The van der Waals surface area contributed by atoms with Gasteiger partial charge in [-0.05, 0) is 49.9 Å². The van der Waals surface area contributed by atoms with Crippen LogP contribution in [0.3, 0.4) is 0 Å². The van der Waals surface area contributed by atoms with Crippen LogP contribution in [0.1, 0.15) is 51.7 Å². The SMILES string of the molecule is CC(C)c1cc(C2(O)CN(C(=O)OC(C)(C)C)C2)ccc1F. The number of nitrogens with zero attached hydrogens (tertiary/aromatic N) is 1. The molecule has 1 aliphatic rings. The average molecular weight is 309 g/mol. The van der Waals surface area contributed by atoms with Gasteiger partial charge in [-0.15, -0.1) is 0 Å². The van der Waals surface area contributed by atoms with Gasteiger partial charge in [0.05, 0.1) is 13.1 Å². The summed E-state index contributed by atoms with van der Waals surface area (Å²) in [7, 11) is 0. The minimum Gasteiger partial charge on any atom is -0.444 e. The summed E-state index contributed by atoms with van der Waals surface area (Å²) in [6.07, 6.45) is -0.441. The standard InChI is InChI=1S/C17H24FNO3/c1-11(2)13-8-12(6-7-14(13)18)17(21)9-19(10-17)15(20)22-16(3,4)5/h6-8,11,21H,9-10H2,1-5H3. The summed E-state index contributed by atoms with van der Waals surface area (Å²) in [4.78, 5) is 13.4. The van der Waals surface area contributed by atoms with Gasteiger partial charge in [-0.2, -0.15) is 0 Å². The van der Waals surface area contributed by atoms with Crippen LogP contribution in [0.4, 0.5) is 9.18 Å². The van der Waals surface area contributed by atoms with Crippen molar-refractivity contribution in [2.45, 2.75) is 51.7 Å². The second-order valence-electron chi connectivity index (χ2n) is 7.26. The normalized spacial score (nSPS) is 17.4. The first kappa shape index (κ1) is 16.7. The summed E-state index contributed by atoms with van der Waals surface area (Å²) in [6.45, 7) is 9.51. The maximum atomic E-state index is 13.8. The Hall–Kier alpha value is -1.62. The van der Waals surface area contributed by atoms with Gasteiger partial charge in [0.2, 0.25) is 0 Å². The van der Waals surface area contributed by atoms with Crippen molar-refractivity contribution in [3.8, 4) is 0 Å². The van der Waals surface area contributed by atoms with E-state index in [-0.39, 0.29) is 24.8 Å². The van der Waals surface area contributed by atoms with Crippen molar-refractivity contribution in [3.05, 3.63) is 35.1 Å². The van der Waals surface area contributed by atoms with E-state index in [4.69, 9.17) is 4.74 Å². The Labute approximate surface area is 130 Å². The Morgan fingerprint density at radius 2 is 1.95 bits per heavy atom. The Morgan fingerprint density at radius 1 is 1.36 bits per heavy atom. The highest BCUT2D eigenvalue weighted by molar-refractivity contribution is 5.70. The summed E-state index contributed by atoms with van der Waals surface area (Å²) < 4.78 is 19.0. The van der Waals surface area contributed by atoms with Crippen LogP contribution < -0.4 is 0 Å². The summed E-state index contributed by atoms with van der Waals surface area (Å²) in [6, 6.07) is 4.64. The van der Waals surface area contributed by atoms with Crippen LogP contribution in [0.15, 0.2) is 18.2 Å². The fourth-order valence-electron chi connectivity index (χ4n) is 2.50. The van der Waals surface area contributed by atoms with E-state index in [0.717, 1.165) is 0 Å². The zero-order valence-electron chi connectivity index (χ0n) is 13.8. The second-order valence-corrected chi connectivity index (χ2v) is 7.26. The molecule has 0 bridgehead atoms. The number of rotatable bonds is 2. The Balaban J connectivity index is 2.10. The van der Waals surface area contributed by atoms with E-state index in [1.807, 2.05) is 13.8 Å². The van der Waals surface area contributed by atoms with Crippen LogP contribution in [0.25, 0.3) is 0 Å². The van der Waals surface area contributed by atoms with Crippen LogP contribution in [-0.4, -0.2) is 34.8 Å². The number of halogens is 1. The maximum absolute atomic E-state index is 13.8. The van der Waals surface area contributed by atoms with E-state index in [0.29, 0.717) is 11.1 Å². The fourth-order valence-corrected chi connectivity index (χ4v) is 2.50.